The van der Waals surface area contributed by atoms with E-state index in [-0.39, 0.29) is 0 Å². The van der Waals surface area contributed by atoms with Crippen LogP contribution in [0.4, 0.5) is 0 Å². The minimum Gasteiger partial charge on any atom is -0.492 e. The van der Waals surface area contributed by atoms with Crippen molar-refractivity contribution < 1.29 is 4.74 Å². The van der Waals surface area contributed by atoms with Crippen molar-refractivity contribution in [2.45, 2.75) is 41.0 Å². The van der Waals surface area contributed by atoms with Crippen LogP contribution in [0, 0.1) is 12.8 Å². The predicted molar refractivity (Wildman–Crippen MR) is 65.3 cm³/mol. The van der Waals surface area contributed by atoms with Crippen LogP contribution in [0.1, 0.15) is 39.8 Å². The van der Waals surface area contributed by atoms with E-state index >= 15 is 0 Å². The molecule has 0 aliphatic carbocycles. The van der Waals surface area contributed by atoms with Gasteiger partial charge >= 0.3 is 0 Å². The Balaban J connectivity index is 0.000000921. The lowest BCUT2D eigenvalue weighted by Gasteiger charge is -2.07. The van der Waals surface area contributed by atoms with Crippen LogP contribution in [0.25, 0.3) is 0 Å². The van der Waals surface area contributed by atoms with Gasteiger partial charge in [0.15, 0.2) is 0 Å². The van der Waals surface area contributed by atoms with Crippen molar-refractivity contribution in [3.8, 4) is 5.75 Å². The minimum absolute atomic E-state index is 0.693. The third-order valence-corrected chi connectivity index (χ3v) is 1.85. The van der Waals surface area contributed by atoms with Gasteiger partial charge in [-0.3, -0.25) is 4.98 Å². The second-order valence-corrected chi connectivity index (χ2v) is 3.67. The zero-order chi connectivity index (χ0) is 11.7. The van der Waals surface area contributed by atoms with Crippen LogP contribution < -0.4 is 4.74 Å². The summed E-state index contributed by atoms with van der Waals surface area (Å²) < 4.78 is 5.51. The molecule has 0 saturated carbocycles. The molecule has 0 bridgehead atoms. The van der Waals surface area contributed by atoms with E-state index in [1.165, 1.54) is 0 Å². The second kappa shape index (κ2) is 8.27. The van der Waals surface area contributed by atoms with Crippen LogP contribution in [0.15, 0.2) is 18.3 Å². The van der Waals surface area contributed by atoms with Crippen LogP contribution in [-0.4, -0.2) is 11.6 Å². The third-order valence-electron chi connectivity index (χ3n) is 1.85. The fourth-order valence-corrected chi connectivity index (χ4v) is 0.952. The van der Waals surface area contributed by atoms with E-state index in [0.717, 1.165) is 24.5 Å². The van der Waals surface area contributed by atoms with Crippen LogP contribution in [-0.2, 0) is 0 Å². The van der Waals surface area contributed by atoms with E-state index in [4.69, 9.17) is 4.74 Å². The largest absolute Gasteiger partial charge is 0.492 e. The average Bonchev–Trinajstić information content (AvgIpc) is 2.23. The number of aryl methyl sites for hydroxylation is 1. The highest BCUT2D eigenvalue weighted by Gasteiger charge is 1.96. The highest BCUT2D eigenvalue weighted by molar-refractivity contribution is 5.18. The van der Waals surface area contributed by atoms with Gasteiger partial charge in [0.25, 0.3) is 0 Å². The van der Waals surface area contributed by atoms with E-state index in [9.17, 15) is 0 Å². The number of nitrogens with zero attached hydrogens (tertiary/aromatic N) is 1. The van der Waals surface area contributed by atoms with Crippen LogP contribution in [0.3, 0.4) is 0 Å². The van der Waals surface area contributed by atoms with E-state index in [0.29, 0.717) is 5.92 Å². The van der Waals surface area contributed by atoms with Crippen molar-refractivity contribution in [3.05, 3.63) is 24.0 Å². The number of rotatable bonds is 4. The molecule has 1 heterocycles. The monoisotopic (exact) mass is 209 g/mol. The third kappa shape index (κ3) is 6.95. The standard InChI is InChI=1S/C11H17NO.C2H6/c1-9(2)6-7-13-11-5-4-10(3)12-8-11;1-2/h4-5,8-9H,6-7H2,1-3H3;1-2H3. The van der Waals surface area contributed by atoms with Crippen LogP contribution in [0.5, 0.6) is 5.75 Å². The smallest absolute Gasteiger partial charge is 0.137 e. The summed E-state index contributed by atoms with van der Waals surface area (Å²) in [6.45, 7) is 11.1. The topological polar surface area (TPSA) is 22.1 Å². The lowest BCUT2D eigenvalue weighted by Crippen LogP contribution is -2.01. The molecule has 0 atom stereocenters. The summed E-state index contributed by atoms with van der Waals surface area (Å²) in [7, 11) is 0. The molecule has 86 valence electrons. The number of hydrogen-bond donors (Lipinski definition) is 0. The quantitative estimate of drug-likeness (QED) is 0.751. The Morgan fingerprint density at radius 3 is 2.40 bits per heavy atom. The molecular weight excluding hydrogens is 186 g/mol. The van der Waals surface area contributed by atoms with Crippen molar-refractivity contribution in [2.24, 2.45) is 5.92 Å². The van der Waals surface area contributed by atoms with E-state index in [1.54, 1.807) is 6.20 Å². The first-order valence-electron chi connectivity index (χ1n) is 5.74. The summed E-state index contributed by atoms with van der Waals surface area (Å²) in [5.41, 5.74) is 1.02. The Morgan fingerprint density at radius 1 is 1.27 bits per heavy atom. The van der Waals surface area contributed by atoms with Crippen molar-refractivity contribution >= 4 is 0 Å². The molecular formula is C13H23NO. The highest BCUT2D eigenvalue weighted by atomic mass is 16.5. The maximum absolute atomic E-state index is 5.51. The zero-order valence-electron chi connectivity index (χ0n) is 10.6. The average molecular weight is 209 g/mol. The normalized spacial score (nSPS) is 9.47. The highest BCUT2D eigenvalue weighted by Crippen LogP contribution is 2.09. The number of ether oxygens (including phenoxy) is 1. The maximum Gasteiger partial charge on any atom is 0.137 e. The van der Waals surface area contributed by atoms with E-state index < -0.39 is 0 Å². The van der Waals surface area contributed by atoms with Crippen molar-refractivity contribution in [1.82, 2.24) is 4.98 Å². The van der Waals surface area contributed by atoms with E-state index in [1.807, 2.05) is 32.9 Å². The van der Waals surface area contributed by atoms with Crippen molar-refractivity contribution in [2.75, 3.05) is 6.61 Å². The van der Waals surface area contributed by atoms with Gasteiger partial charge in [-0.05, 0) is 31.4 Å². The molecule has 0 saturated heterocycles. The first kappa shape index (κ1) is 13.9. The first-order chi connectivity index (χ1) is 7.18. The summed E-state index contributed by atoms with van der Waals surface area (Å²) in [4.78, 5) is 4.15. The maximum atomic E-state index is 5.51. The summed E-state index contributed by atoms with van der Waals surface area (Å²) in [5, 5.41) is 0. The summed E-state index contributed by atoms with van der Waals surface area (Å²) in [5.74, 6) is 1.56. The molecule has 0 aliphatic heterocycles. The molecule has 0 radical (unpaired) electrons. The Morgan fingerprint density at radius 2 is 1.93 bits per heavy atom. The molecule has 1 aromatic heterocycles. The summed E-state index contributed by atoms with van der Waals surface area (Å²) in [6, 6.07) is 3.92. The predicted octanol–water partition coefficient (Wildman–Crippen LogP) is 3.84. The molecule has 15 heavy (non-hydrogen) atoms. The molecule has 2 nitrogen and oxygen atoms in total. The molecule has 0 fully saturated rings. The molecule has 0 aliphatic rings. The fourth-order valence-electron chi connectivity index (χ4n) is 0.952. The van der Waals surface area contributed by atoms with Gasteiger partial charge < -0.3 is 4.74 Å². The first-order valence-corrected chi connectivity index (χ1v) is 5.74. The van der Waals surface area contributed by atoms with Crippen molar-refractivity contribution in [3.63, 3.8) is 0 Å². The zero-order valence-corrected chi connectivity index (χ0v) is 10.6. The Bertz CT molecular complexity index is 241. The fraction of sp³-hybridized carbons (Fsp3) is 0.615. The van der Waals surface area contributed by atoms with Gasteiger partial charge in [-0.15, -0.1) is 0 Å². The molecule has 1 aromatic rings. The number of hydrogen-bond acceptors (Lipinski definition) is 2. The van der Waals surface area contributed by atoms with Gasteiger partial charge in [-0.25, -0.2) is 0 Å². The van der Waals surface area contributed by atoms with Crippen LogP contribution in [0.2, 0.25) is 0 Å². The van der Waals surface area contributed by atoms with Gasteiger partial charge in [0.1, 0.15) is 5.75 Å². The summed E-state index contributed by atoms with van der Waals surface area (Å²) >= 11 is 0. The molecule has 0 unspecified atom stereocenters. The Kier molecular flexibility index (Phi) is 7.69. The van der Waals surface area contributed by atoms with Gasteiger partial charge in [-0.1, -0.05) is 27.7 Å². The van der Waals surface area contributed by atoms with Gasteiger partial charge in [0.05, 0.1) is 12.8 Å². The Hall–Kier alpha value is -1.05. The lowest BCUT2D eigenvalue weighted by atomic mass is 10.1. The molecule has 2 heteroatoms. The summed E-state index contributed by atoms with van der Waals surface area (Å²) in [6.07, 6.45) is 2.86. The second-order valence-electron chi connectivity index (χ2n) is 3.67. The minimum atomic E-state index is 0.693. The van der Waals surface area contributed by atoms with Crippen LogP contribution >= 0.6 is 0 Å². The van der Waals surface area contributed by atoms with E-state index in [2.05, 4.69) is 18.8 Å². The van der Waals surface area contributed by atoms with Gasteiger partial charge in [0.2, 0.25) is 0 Å². The van der Waals surface area contributed by atoms with Gasteiger partial charge in [-0.2, -0.15) is 0 Å². The molecule has 0 spiro atoms. The van der Waals surface area contributed by atoms with Crippen molar-refractivity contribution in [1.29, 1.82) is 0 Å². The lowest BCUT2D eigenvalue weighted by molar-refractivity contribution is 0.288. The Labute approximate surface area is 93.7 Å². The number of pyridine rings is 1. The molecule has 1 rings (SSSR count). The molecule has 0 amide bonds. The van der Waals surface area contributed by atoms with Gasteiger partial charge in [0, 0.05) is 5.69 Å². The molecule has 0 aromatic carbocycles. The SMILES string of the molecule is CC.Cc1ccc(OCCC(C)C)cn1. The molecule has 0 N–H and O–H groups in total. The number of aromatic nitrogens is 1.